The predicted molar refractivity (Wildman–Crippen MR) is 69.2 cm³/mol. The maximum Gasteiger partial charge on any atom is 0.418 e. The van der Waals surface area contributed by atoms with Gasteiger partial charge in [-0.2, -0.15) is 13.2 Å². The van der Waals surface area contributed by atoms with E-state index in [9.17, 15) is 18.0 Å². The Hall–Kier alpha value is -1.76. The molecule has 1 unspecified atom stereocenters. The van der Waals surface area contributed by atoms with E-state index in [1.807, 2.05) is 0 Å². The molecule has 2 amide bonds. The lowest BCUT2D eigenvalue weighted by Gasteiger charge is -2.31. The number of likely N-dealkylation sites (tertiary alicyclic amines) is 1. The molecule has 0 spiro atoms. The number of hydrogen-bond donors (Lipinski definition) is 2. The second-order valence-electron chi connectivity index (χ2n) is 4.82. The zero-order valence-corrected chi connectivity index (χ0v) is 10.8. The van der Waals surface area contributed by atoms with Crippen LogP contribution in [0.2, 0.25) is 0 Å². The summed E-state index contributed by atoms with van der Waals surface area (Å²) in [6, 6.07) is 4.26. The van der Waals surface area contributed by atoms with Crippen LogP contribution in [0.5, 0.6) is 0 Å². The third-order valence-electron chi connectivity index (χ3n) is 3.22. The van der Waals surface area contributed by atoms with E-state index in [4.69, 9.17) is 5.73 Å². The molecule has 0 radical (unpaired) electrons. The Balaban J connectivity index is 2.12. The van der Waals surface area contributed by atoms with Gasteiger partial charge in [0.05, 0.1) is 11.3 Å². The second-order valence-corrected chi connectivity index (χ2v) is 4.82. The van der Waals surface area contributed by atoms with Crippen molar-refractivity contribution < 1.29 is 18.0 Å². The number of amides is 2. The summed E-state index contributed by atoms with van der Waals surface area (Å²) in [5, 5.41) is 2.32. The largest absolute Gasteiger partial charge is 0.418 e. The number of carbonyl (C=O) groups is 1. The molecule has 0 aromatic heterocycles. The molecule has 7 heteroatoms. The Labute approximate surface area is 114 Å². The zero-order chi connectivity index (χ0) is 14.8. The number of nitrogens with zero attached hydrogens (tertiary/aromatic N) is 1. The minimum atomic E-state index is -4.50. The van der Waals surface area contributed by atoms with E-state index in [0.717, 1.165) is 18.9 Å². The molecule has 1 aliphatic heterocycles. The lowest BCUT2D eigenvalue weighted by molar-refractivity contribution is -0.136. The fourth-order valence-electron chi connectivity index (χ4n) is 2.23. The molecule has 1 aromatic carbocycles. The smallest absolute Gasteiger partial charge is 0.326 e. The highest BCUT2D eigenvalue weighted by molar-refractivity contribution is 5.90. The summed E-state index contributed by atoms with van der Waals surface area (Å²) < 4.78 is 38.5. The van der Waals surface area contributed by atoms with Crippen molar-refractivity contribution in [1.82, 2.24) is 4.90 Å². The third-order valence-corrected chi connectivity index (χ3v) is 3.22. The van der Waals surface area contributed by atoms with Crippen LogP contribution in [0.1, 0.15) is 18.4 Å². The van der Waals surface area contributed by atoms with Crippen LogP contribution in [-0.4, -0.2) is 30.1 Å². The van der Waals surface area contributed by atoms with Gasteiger partial charge in [0.25, 0.3) is 0 Å². The monoisotopic (exact) mass is 287 g/mol. The Morgan fingerprint density at radius 3 is 2.70 bits per heavy atom. The molecule has 1 aliphatic rings. The summed E-state index contributed by atoms with van der Waals surface area (Å²) in [6.45, 7) is 0.869. The molecule has 3 N–H and O–H groups in total. The van der Waals surface area contributed by atoms with E-state index < -0.39 is 17.8 Å². The number of piperidine rings is 1. The van der Waals surface area contributed by atoms with Gasteiger partial charge in [0.2, 0.25) is 0 Å². The molecular formula is C13H16F3N3O. The first-order chi connectivity index (χ1) is 9.38. The highest BCUT2D eigenvalue weighted by atomic mass is 19.4. The van der Waals surface area contributed by atoms with Gasteiger partial charge in [-0.3, -0.25) is 0 Å². The van der Waals surface area contributed by atoms with Crippen molar-refractivity contribution in [2.24, 2.45) is 5.73 Å². The summed E-state index contributed by atoms with van der Waals surface area (Å²) in [5.41, 5.74) is 4.67. The number of nitrogens with one attached hydrogen (secondary N) is 1. The number of carbonyl (C=O) groups excluding carboxylic acids is 1. The van der Waals surface area contributed by atoms with Gasteiger partial charge in [-0.1, -0.05) is 12.1 Å². The molecule has 2 rings (SSSR count). The van der Waals surface area contributed by atoms with Gasteiger partial charge in [-0.15, -0.1) is 0 Å². The first-order valence-electron chi connectivity index (χ1n) is 6.35. The number of urea groups is 1. The number of alkyl halides is 3. The summed E-state index contributed by atoms with van der Waals surface area (Å²) in [6.07, 6.45) is -2.92. The van der Waals surface area contributed by atoms with Crippen LogP contribution >= 0.6 is 0 Å². The maximum atomic E-state index is 12.8. The lowest BCUT2D eigenvalue weighted by atomic mass is 10.1. The van der Waals surface area contributed by atoms with E-state index in [1.54, 1.807) is 0 Å². The predicted octanol–water partition coefficient (Wildman–Crippen LogP) is 2.66. The van der Waals surface area contributed by atoms with E-state index in [1.165, 1.54) is 23.1 Å². The minimum absolute atomic E-state index is 0.118. The van der Waals surface area contributed by atoms with Crippen LogP contribution in [0, 0.1) is 0 Å². The normalized spacial score (nSPS) is 19.8. The molecule has 1 fully saturated rings. The van der Waals surface area contributed by atoms with Gasteiger partial charge in [-0.05, 0) is 25.0 Å². The molecule has 1 aromatic rings. The molecule has 0 bridgehead atoms. The third kappa shape index (κ3) is 3.41. The van der Waals surface area contributed by atoms with Gasteiger partial charge in [0.1, 0.15) is 0 Å². The van der Waals surface area contributed by atoms with Gasteiger partial charge < -0.3 is 16.0 Å². The average Bonchev–Trinajstić information content (AvgIpc) is 2.38. The van der Waals surface area contributed by atoms with Gasteiger partial charge in [0, 0.05) is 19.1 Å². The number of para-hydroxylation sites is 1. The Morgan fingerprint density at radius 2 is 2.05 bits per heavy atom. The number of rotatable bonds is 1. The van der Waals surface area contributed by atoms with Crippen LogP contribution in [0.25, 0.3) is 0 Å². The molecular weight excluding hydrogens is 271 g/mol. The van der Waals surface area contributed by atoms with Gasteiger partial charge in [0.15, 0.2) is 0 Å². The van der Waals surface area contributed by atoms with E-state index >= 15 is 0 Å². The lowest BCUT2D eigenvalue weighted by Crippen LogP contribution is -2.47. The topological polar surface area (TPSA) is 58.4 Å². The first-order valence-corrected chi connectivity index (χ1v) is 6.35. The van der Waals surface area contributed by atoms with Crippen LogP contribution < -0.4 is 11.1 Å². The molecule has 1 heterocycles. The Kier molecular flexibility index (Phi) is 4.17. The standard InChI is InChI=1S/C13H16F3N3O/c14-13(15,16)10-5-1-2-6-11(10)18-12(20)19-7-3-4-9(17)8-19/h1-2,5-6,9H,3-4,7-8,17H2,(H,18,20). The molecule has 1 atom stereocenters. The summed E-state index contributed by atoms with van der Waals surface area (Å²) in [7, 11) is 0. The minimum Gasteiger partial charge on any atom is -0.326 e. The van der Waals surface area contributed by atoms with Crippen LogP contribution in [0.4, 0.5) is 23.7 Å². The first kappa shape index (κ1) is 14.6. The van der Waals surface area contributed by atoms with Crippen molar-refractivity contribution in [3.63, 3.8) is 0 Å². The number of hydrogen-bond acceptors (Lipinski definition) is 2. The fraction of sp³-hybridized carbons (Fsp3) is 0.462. The highest BCUT2D eigenvalue weighted by Gasteiger charge is 2.34. The van der Waals surface area contributed by atoms with Crippen molar-refractivity contribution >= 4 is 11.7 Å². The molecule has 0 saturated carbocycles. The molecule has 1 saturated heterocycles. The summed E-state index contributed by atoms with van der Waals surface area (Å²) in [4.78, 5) is 13.4. The Bertz CT molecular complexity index is 490. The quantitative estimate of drug-likeness (QED) is 0.834. The number of benzene rings is 1. The van der Waals surface area contributed by atoms with Gasteiger partial charge in [-0.25, -0.2) is 4.79 Å². The van der Waals surface area contributed by atoms with Gasteiger partial charge >= 0.3 is 12.2 Å². The number of anilines is 1. The van der Waals surface area contributed by atoms with Crippen molar-refractivity contribution in [1.29, 1.82) is 0 Å². The van der Waals surface area contributed by atoms with E-state index in [0.29, 0.717) is 13.1 Å². The maximum absolute atomic E-state index is 12.8. The van der Waals surface area contributed by atoms with Crippen LogP contribution in [-0.2, 0) is 6.18 Å². The molecule has 0 aliphatic carbocycles. The zero-order valence-electron chi connectivity index (χ0n) is 10.8. The fourth-order valence-corrected chi connectivity index (χ4v) is 2.23. The van der Waals surface area contributed by atoms with Crippen molar-refractivity contribution in [3.8, 4) is 0 Å². The summed E-state index contributed by atoms with van der Waals surface area (Å²) in [5.74, 6) is 0. The Morgan fingerprint density at radius 1 is 1.35 bits per heavy atom. The number of nitrogens with two attached hydrogens (primary N) is 1. The molecule has 20 heavy (non-hydrogen) atoms. The van der Waals surface area contributed by atoms with Crippen LogP contribution in [0.15, 0.2) is 24.3 Å². The van der Waals surface area contributed by atoms with Crippen molar-refractivity contribution in [3.05, 3.63) is 29.8 Å². The second kappa shape index (κ2) is 5.70. The van der Waals surface area contributed by atoms with Crippen LogP contribution in [0.3, 0.4) is 0 Å². The van der Waals surface area contributed by atoms with Crippen molar-refractivity contribution in [2.75, 3.05) is 18.4 Å². The highest BCUT2D eigenvalue weighted by Crippen LogP contribution is 2.34. The summed E-state index contributed by atoms with van der Waals surface area (Å²) >= 11 is 0. The van der Waals surface area contributed by atoms with Crippen molar-refractivity contribution in [2.45, 2.75) is 25.1 Å². The average molecular weight is 287 g/mol. The SMILES string of the molecule is NC1CCCN(C(=O)Nc2ccccc2C(F)(F)F)C1. The molecule has 4 nitrogen and oxygen atoms in total. The van der Waals surface area contributed by atoms with E-state index in [2.05, 4.69) is 5.32 Å². The van der Waals surface area contributed by atoms with E-state index in [-0.39, 0.29) is 11.7 Å². The molecule has 110 valence electrons. The number of halogens is 3.